The van der Waals surface area contributed by atoms with Crippen molar-refractivity contribution >= 4 is 11.6 Å². The number of esters is 1. The second-order valence-corrected chi connectivity index (χ2v) is 4.73. The lowest BCUT2D eigenvalue weighted by atomic mass is 9.97. The van der Waals surface area contributed by atoms with E-state index in [4.69, 9.17) is 4.74 Å². The molecule has 0 spiro atoms. The molecule has 0 saturated carbocycles. The molecule has 2 aromatic heterocycles. The summed E-state index contributed by atoms with van der Waals surface area (Å²) >= 11 is 0. The number of hydrogen-bond donors (Lipinski definition) is 0. The van der Waals surface area contributed by atoms with E-state index in [-0.39, 0.29) is 11.9 Å². The van der Waals surface area contributed by atoms with E-state index in [1.807, 2.05) is 4.40 Å². The fourth-order valence-corrected chi connectivity index (χ4v) is 1.76. The molecule has 2 heterocycles. The fourth-order valence-electron chi connectivity index (χ4n) is 1.76. The maximum absolute atomic E-state index is 11.5. The van der Waals surface area contributed by atoms with Crippen LogP contribution in [0, 0.1) is 5.92 Å². The third-order valence-corrected chi connectivity index (χ3v) is 3.26. The largest absolute Gasteiger partial charge is 0.465 e. The highest BCUT2D eigenvalue weighted by Crippen LogP contribution is 2.22. The molecule has 0 aliphatic carbocycles. The molecule has 2 aromatic rings. The number of ether oxygens (including phenoxy) is 1. The van der Waals surface area contributed by atoms with Crippen LogP contribution in [0.1, 0.15) is 42.9 Å². The lowest BCUT2D eigenvalue weighted by Crippen LogP contribution is -2.09. The van der Waals surface area contributed by atoms with Gasteiger partial charge in [-0.05, 0) is 18.1 Å². The van der Waals surface area contributed by atoms with E-state index in [1.54, 1.807) is 18.3 Å². The summed E-state index contributed by atoms with van der Waals surface area (Å²) in [6.45, 7) is 6.37. The van der Waals surface area contributed by atoms with Gasteiger partial charge in [-0.15, -0.1) is 10.2 Å². The molecule has 0 aliphatic heterocycles. The van der Waals surface area contributed by atoms with Crippen molar-refractivity contribution in [2.75, 3.05) is 7.11 Å². The number of aromatic nitrogens is 3. The Morgan fingerprint density at radius 2 is 2.00 bits per heavy atom. The van der Waals surface area contributed by atoms with Gasteiger partial charge in [-0.3, -0.25) is 4.40 Å². The minimum absolute atomic E-state index is 0.271. The van der Waals surface area contributed by atoms with Gasteiger partial charge in [0.25, 0.3) is 0 Å². The van der Waals surface area contributed by atoms with Crippen molar-refractivity contribution in [3.63, 3.8) is 0 Å². The van der Waals surface area contributed by atoms with Gasteiger partial charge in [-0.25, -0.2) is 4.79 Å². The van der Waals surface area contributed by atoms with E-state index < -0.39 is 0 Å². The van der Waals surface area contributed by atoms with Gasteiger partial charge in [0.15, 0.2) is 5.65 Å². The number of pyridine rings is 1. The van der Waals surface area contributed by atoms with Gasteiger partial charge in [0.1, 0.15) is 5.82 Å². The first kappa shape index (κ1) is 12.5. The van der Waals surface area contributed by atoms with Crippen molar-refractivity contribution in [2.45, 2.75) is 26.7 Å². The van der Waals surface area contributed by atoms with Crippen LogP contribution < -0.4 is 0 Å². The summed E-state index contributed by atoms with van der Waals surface area (Å²) in [7, 11) is 1.37. The van der Waals surface area contributed by atoms with E-state index in [9.17, 15) is 4.79 Å². The van der Waals surface area contributed by atoms with Crippen molar-refractivity contribution in [2.24, 2.45) is 5.92 Å². The Hall–Kier alpha value is -1.91. The first-order valence-corrected chi connectivity index (χ1v) is 5.97. The Kier molecular flexibility index (Phi) is 3.32. The molecular weight excluding hydrogens is 230 g/mol. The molecule has 0 bridgehead atoms. The van der Waals surface area contributed by atoms with Crippen LogP contribution in [-0.4, -0.2) is 27.7 Å². The first-order valence-electron chi connectivity index (χ1n) is 5.97. The summed E-state index contributed by atoms with van der Waals surface area (Å²) in [6, 6.07) is 3.47. The highest BCUT2D eigenvalue weighted by Gasteiger charge is 2.17. The zero-order valence-corrected chi connectivity index (χ0v) is 11.0. The number of nitrogens with zero attached hydrogens (tertiary/aromatic N) is 3. The van der Waals surface area contributed by atoms with E-state index >= 15 is 0 Å². The zero-order chi connectivity index (χ0) is 13.3. The predicted molar refractivity (Wildman–Crippen MR) is 67.6 cm³/mol. The Labute approximate surface area is 106 Å². The normalized spacial score (nSPS) is 12.9. The molecule has 5 nitrogen and oxygen atoms in total. The van der Waals surface area contributed by atoms with Crippen LogP contribution in [0.2, 0.25) is 0 Å². The topological polar surface area (TPSA) is 56.5 Å². The van der Waals surface area contributed by atoms with Crippen LogP contribution >= 0.6 is 0 Å². The fraction of sp³-hybridized carbons (Fsp3) is 0.462. The van der Waals surface area contributed by atoms with Gasteiger partial charge in [-0.1, -0.05) is 20.8 Å². The summed E-state index contributed by atoms with van der Waals surface area (Å²) in [6.07, 6.45) is 1.73. The molecule has 0 aromatic carbocycles. The third-order valence-electron chi connectivity index (χ3n) is 3.26. The molecule has 18 heavy (non-hydrogen) atoms. The first-order chi connectivity index (χ1) is 8.54. The third kappa shape index (κ3) is 2.08. The average Bonchev–Trinajstić information content (AvgIpc) is 2.79. The van der Waals surface area contributed by atoms with E-state index in [0.717, 1.165) is 11.5 Å². The van der Waals surface area contributed by atoms with Crippen LogP contribution in [0.3, 0.4) is 0 Å². The summed E-state index contributed by atoms with van der Waals surface area (Å²) in [5, 5.41) is 8.31. The maximum Gasteiger partial charge on any atom is 0.339 e. The standard InChI is InChI=1S/C13H17N3O2/c1-8(2)9(3)12-15-14-11-6-5-10(7-16(11)12)13(17)18-4/h5-9H,1-4H3. The van der Waals surface area contributed by atoms with Gasteiger partial charge in [0.2, 0.25) is 0 Å². The molecule has 0 aliphatic rings. The van der Waals surface area contributed by atoms with Crippen LogP contribution in [0.25, 0.3) is 5.65 Å². The molecule has 0 saturated heterocycles. The van der Waals surface area contributed by atoms with Crippen molar-refractivity contribution < 1.29 is 9.53 Å². The van der Waals surface area contributed by atoms with Crippen molar-refractivity contribution in [3.05, 3.63) is 29.7 Å². The zero-order valence-electron chi connectivity index (χ0n) is 11.0. The molecular formula is C13H17N3O2. The Morgan fingerprint density at radius 1 is 1.28 bits per heavy atom. The quantitative estimate of drug-likeness (QED) is 0.781. The monoisotopic (exact) mass is 247 g/mol. The summed E-state index contributed by atoms with van der Waals surface area (Å²) in [5.74, 6) is 1.24. The molecule has 2 rings (SSSR count). The molecule has 1 unspecified atom stereocenters. The Balaban J connectivity index is 2.53. The number of rotatable bonds is 3. The van der Waals surface area contributed by atoms with Crippen LogP contribution in [0.5, 0.6) is 0 Å². The predicted octanol–water partition coefficient (Wildman–Crippen LogP) is 2.28. The van der Waals surface area contributed by atoms with E-state index in [0.29, 0.717) is 11.5 Å². The molecule has 0 amide bonds. The Bertz CT molecular complexity index is 575. The number of hydrogen-bond acceptors (Lipinski definition) is 4. The number of carbonyl (C=O) groups is 1. The highest BCUT2D eigenvalue weighted by atomic mass is 16.5. The average molecular weight is 247 g/mol. The van der Waals surface area contributed by atoms with Crippen molar-refractivity contribution in [1.82, 2.24) is 14.6 Å². The van der Waals surface area contributed by atoms with Crippen LogP contribution in [0.4, 0.5) is 0 Å². The van der Waals surface area contributed by atoms with Crippen molar-refractivity contribution in [1.29, 1.82) is 0 Å². The van der Waals surface area contributed by atoms with Gasteiger partial charge < -0.3 is 4.74 Å². The lowest BCUT2D eigenvalue weighted by molar-refractivity contribution is 0.0600. The van der Waals surface area contributed by atoms with Crippen molar-refractivity contribution in [3.8, 4) is 0 Å². The van der Waals surface area contributed by atoms with Gasteiger partial charge in [0, 0.05) is 12.1 Å². The molecule has 96 valence electrons. The number of carbonyl (C=O) groups excluding carboxylic acids is 1. The van der Waals surface area contributed by atoms with Gasteiger partial charge in [-0.2, -0.15) is 0 Å². The van der Waals surface area contributed by atoms with E-state index in [1.165, 1.54) is 7.11 Å². The Morgan fingerprint density at radius 3 is 2.61 bits per heavy atom. The SMILES string of the molecule is COC(=O)c1ccc2nnc(C(C)C(C)C)n2c1. The second kappa shape index (κ2) is 4.76. The van der Waals surface area contributed by atoms with Gasteiger partial charge >= 0.3 is 5.97 Å². The lowest BCUT2D eigenvalue weighted by Gasteiger charge is -2.13. The number of fused-ring (bicyclic) bond motifs is 1. The molecule has 0 fully saturated rings. The smallest absolute Gasteiger partial charge is 0.339 e. The maximum atomic E-state index is 11.5. The minimum atomic E-state index is -0.353. The molecule has 0 N–H and O–H groups in total. The molecule has 0 radical (unpaired) electrons. The molecule has 1 atom stereocenters. The highest BCUT2D eigenvalue weighted by molar-refractivity contribution is 5.89. The molecule has 5 heteroatoms. The van der Waals surface area contributed by atoms with Crippen LogP contribution in [0.15, 0.2) is 18.3 Å². The minimum Gasteiger partial charge on any atom is -0.465 e. The summed E-state index contributed by atoms with van der Waals surface area (Å²) in [5.41, 5.74) is 1.24. The summed E-state index contributed by atoms with van der Waals surface area (Å²) < 4.78 is 6.57. The second-order valence-electron chi connectivity index (χ2n) is 4.73. The summed E-state index contributed by atoms with van der Waals surface area (Å²) in [4.78, 5) is 11.5. The van der Waals surface area contributed by atoms with Crippen LogP contribution in [-0.2, 0) is 4.74 Å². The van der Waals surface area contributed by atoms with E-state index in [2.05, 4.69) is 31.0 Å². The number of methoxy groups -OCH3 is 1. The van der Waals surface area contributed by atoms with Gasteiger partial charge in [0.05, 0.1) is 12.7 Å².